The van der Waals surface area contributed by atoms with Gasteiger partial charge in [0.15, 0.2) is 18.1 Å². The second-order valence-electron chi connectivity index (χ2n) is 8.08. The number of anilines is 1. The van der Waals surface area contributed by atoms with E-state index in [4.69, 9.17) is 21.1 Å². The molecule has 3 amide bonds. The first-order valence-electron chi connectivity index (χ1n) is 11.1. The van der Waals surface area contributed by atoms with E-state index in [0.29, 0.717) is 22.7 Å². The number of ether oxygens (including phenoxy) is 2. The van der Waals surface area contributed by atoms with E-state index in [1.54, 1.807) is 30.3 Å². The largest absolute Gasteiger partial charge is 0.493 e. The van der Waals surface area contributed by atoms with Gasteiger partial charge in [-0.25, -0.2) is 4.39 Å². The molecule has 0 unspecified atom stereocenters. The Morgan fingerprint density at radius 2 is 1.86 bits per heavy atom. The number of halogens is 2. The molecule has 3 aromatic carbocycles. The summed E-state index contributed by atoms with van der Waals surface area (Å²) >= 11 is 6.80. The average molecular weight is 541 g/mol. The smallest absolute Gasteiger partial charge is 0.293 e. The molecular weight excluding hydrogens is 519 g/mol. The molecule has 1 aliphatic heterocycles. The van der Waals surface area contributed by atoms with Gasteiger partial charge in [-0.3, -0.25) is 19.3 Å². The SMILES string of the molecule is COc1cc(/C=C2/SC(=O)N(Cc3c(F)cccc3Cl)C2=O)ccc1OCC(=O)Nc1ccc(C)cc1. The van der Waals surface area contributed by atoms with Crippen LogP contribution in [0.25, 0.3) is 6.08 Å². The predicted molar refractivity (Wildman–Crippen MR) is 141 cm³/mol. The molecule has 1 aliphatic rings. The van der Waals surface area contributed by atoms with Gasteiger partial charge in [0.25, 0.3) is 17.1 Å². The predicted octanol–water partition coefficient (Wildman–Crippen LogP) is 6.05. The summed E-state index contributed by atoms with van der Waals surface area (Å²) in [5, 5.41) is 2.36. The molecule has 7 nitrogen and oxygen atoms in total. The van der Waals surface area contributed by atoms with E-state index in [1.807, 2.05) is 19.1 Å². The molecule has 0 spiro atoms. The van der Waals surface area contributed by atoms with Crippen LogP contribution in [0.1, 0.15) is 16.7 Å². The van der Waals surface area contributed by atoms with E-state index in [1.165, 1.54) is 31.4 Å². The van der Waals surface area contributed by atoms with Crippen LogP contribution in [0.4, 0.5) is 14.9 Å². The third-order valence-corrected chi connectivity index (χ3v) is 6.69. The van der Waals surface area contributed by atoms with Crippen molar-refractivity contribution in [3.05, 3.63) is 93.1 Å². The number of thioether (sulfide) groups is 1. The number of nitrogens with one attached hydrogen (secondary N) is 1. The number of carbonyl (C=O) groups is 3. The quantitative estimate of drug-likeness (QED) is 0.350. The summed E-state index contributed by atoms with van der Waals surface area (Å²) in [5.41, 5.74) is 2.39. The Labute approximate surface area is 222 Å². The first kappa shape index (κ1) is 26.2. The van der Waals surface area contributed by atoms with E-state index in [-0.39, 0.29) is 34.6 Å². The summed E-state index contributed by atoms with van der Waals surface area (Å²) < 4.78 is 25.1. The Morgan fingerprint density at radius 1 is 1.11 bits per heavy atom. The van der Waals surface area contributed by atoms with Gasteiger partial charge in [0.1, 0.15) is 5.82 Å². The molecule has 1 saturated heterocycles. The highest BCUT2D eigenvalue weighted by atomic mass is 35.5. The van der Waals surface area contributed by atoms with Gasteiger partial charge in [0.05, 0.1) is 18.6 Å². The molecular formula is C27H22ClFN2O5S. The van der Waals surface area contributed by atoms with E-state index in [0.717, 1.165) is 22.2 Å². The van der Waals surface area contributed by atoms with Crippen molar-refractivity contribution in [3.63, 3.8) is 0 Å². The second-order valence-corrected chi connectivity index (χ2v) is 9.48. The number of carbonyl (C=O) groups excluding carboxylic acids is 3. The molecule has 0 aromatic heterocycles. The summed E-state index contributed by atoms with van der Waals surface area (Å²) in [4.78, 5) is 38.7. The molecule has 10 heteroatoms. The van der Waals surface area contributed by atoms with Crippen molar-refractivity contribution < 1.29 is 28.2 Å². The highest BCUT2D eigenvalue weighted by Gasteiger charge is 2.36. The minimum Gasteiger partial charge on any atom is -0.493 e. The van der Waals surface area contributed by atoms with Crippen molar-refractivity contribution in [2.45, 2.75) is 13.5 Å². The van der Waals surface area contributed by atoms with Gasteiger partial charge in [0.2, 0.25) is 0 Å². The monoisotopic (exact) mass is 540 g/mol. The van der Waals surface area contributed by atoms with Crippen molar-refractivity contribution in [1.29, 1.82) is 0 Å². The Balaban J connectivity index is 1.43. The molecule has 0 bridgehead atoms. The first-order chi connectivity index (χ1) is 17.7. The standard InChI is InChI=1S/C27H22ClFN2O5S/c1-16-6-9-18(10-7-16)30-25(32)15-36-22-11-8-17(12-23(22)35-2)13-24-26(33)31(27(34)37-24)14-19-20(28)4-3-5-21(19)29/h3-13H,14-15H2,1-2H3,(H,30,32)/b24-13+. The molecule has 0 aliphatic carbocycles. The summed E-state index contributed by atoms with van der Waals surface area (Å²) in [7, 11) is 1.45. The summed E-state index contributed by atoms with van der Waals surface area (Å²) in [5.74, 6) is -0.807. The lowest BCUT2D eigenvalue weighted by molar-refractivity contribution is -0.123. The number of amides is 3. The maximum Gasteiger partial charge on any atom is 0.293 e. The van der Waals surface area contributed by atoms with Gasteiger partial charge >= 0.3 is 0 Å². The molecule has 190 valence electrons. The third kappa shape index (κ3) is 6.31. The van der Waals surface area contributed by atoms with Gasteiger partial charge in [-0.1, -0.05) is 41.4 Å². The fourth-order valence-electron chi connectivity index (χ4n) is 3.50. The second kappa shape index (κ2) is 11.5. The highest BCUT2D eigenvalue weighted by molar-refractivity contribution is 8.18. The number of rotatable bonds is 8. The van der Waals surface area contributed by atoms with Gasteiger partial charge in [-0.05, 0) is 66.7 Å². The van der Waals surface area contributed by atoms with E-state index < -0.39 is 17.0 Å². The van der Waals surface area contributed by atoms with Crippen LogP contribution in [0, 0.1) is 12.7 Å². The van der Waals surface area contributed by atoms with Crippen LogP contribution in [-0.2, 0) is 16.1 Å². The summed E-state index contributed by atoms with van der Waals surface area (Å²) in [6.45, 7) is 1.45. The molecule has 0 radical (unpaired) electrons. The molecule has 37 heavy (non-hydrogen) atoms. The van der Waals surface area contributed by atoms with Gasteiger partial charge < -0.3 is 14.8 Å². The number of methoxy groups -OCH3 is 1. The molecule has 1 heterocycles. The lowest BCUT2D eigenvalue weighted by Gasteiger charge is -2.14. The van der Waals surface area contributed by atoms with Crippen LogP contribution in [-0.4, -0.2) is 35.7 Å². The van der Waals surface area contributed by atoms with Crippen molar-refractivity contribution in [2.24, 2.45) is 0 Å². The summed E-state index contributed by atoms with van der Waals surface area (Å²) in [6, 6.07) is 16.4. The normalized spacial score (nSPS) is 14.3. The molecule has 0 atom stereocenters. The van der Waals surface area contributed by atoms with Crippen LogP contribution < -0.4 is 14.8 Å². The molecule has 1 fully saturated rings. The average Bonchev–Trinajstić information content (AvgIpc) is 3.13. The molecule has 1 N–H and O–H groups in total. The van der Waals surface area contributed by atoms with Crippen LogP contribution >= 0.6 is 23.4 Å². The van der Waals surface area contributed by atoms with Gasteiger partial charge in [-0.15, -0.1) is 0 Å². The van der Waals surface area contributed by atoms with Crippen molar-refractivity contribution in [2.75, 3.05) is 19.0 Å². The number of aryl methyl sites for hydroxylation is 1. The van der Waals surface area contributed by atoms with Crippen molar-refractivity contribution in [3.8, 4) is 11.5 Å². The Bertz CT molecular complexity index is 1370. The van der Waals surface area contributed by atoms with Crippen LogP contribution in [0.3, 0.4) is 0 Å². The molecule has 4 rings (SSSR count). The van der Waals surface area contributed by atoms with Crippen molar-refractivity contribution >= 4 is 52.2 Å². The van der Waals surface area contributed by atoms with Gasteiger partial charge in [0, 0.05) is 16.3 Å². The Kier molecular flexibility index (Phi) is 8.15. The third-order valence-electron chi connectivity index (χ3n) is 5.43. The van der Waals surface area contributed by atoms with E-state index in [9.17, 15) is 18.8 Å². The zero-order valence-electron chi connectivity index (χ0n) is 19.9. The van der Waals surface area contributed by atoms with Crippen LogP contribution in [0.5, 0.6) is 11.5 Å². The van der Waals surface area contributed by atoms with Crippen LogP contribution in [0.15, 0.2) is 65.6 Å². The fourth-order valence-corrected chi connectivity index (χ4v) is 4.56. The van der Waals surface area contributed by atoms with E-state index in [2.05, 4.69) is 5.32 Å². The lowest BCUT2D eigenvalue weighted by atomic mass is 10.1. The lowest BCUT2D eigenvalue weighted by Crippen LogP contribution is -2.28. The maximum absolute atomic E-state index is 14.2. The number of benzene rings is 3. The number of imide groups is 1. The fraction of sp³-hybridized carbons (Fsp3) is 0.148. The maximum atomic E-state index is 14.2. The minimum absolute atomic E-state index is 0.0716. The Morgan fingerprint density at radius 3 is 2.57 bits per heavy atom. The van der Waals surface area contributed by atoms with Crippen molar-refractivity contribution in [1.82, 2.24) is 4.90 Å². The zero-order chi connectivity index (χ0) is 26.5. The molecule has 0 saturated carbocycles. The number of nitrogens with zero attached hydrogens (tertiary/aromatic N) is 1. The first-order valence-corrected chi connectivity index (χ1v) is 12.3. The number of hydrogen-bond acceptors (Lipinski definition) is 6. The molecule has 3 aromatic rings. The summed E-state index contributed by atoms with van der Waals surface area (Å²) in [6.07, 6.45) is 1.53. The number of hydrogen-bond donors (Lipinski definition) is 1. The van der Waals surface area contributed by atoms with Crippen LogP contribution in [0.2, 0.25) is 5.02 Å². The van der Waals surface area contributed by atoms with Gasteiger partial charge in [-0.2, -0.15) is 0 Å². The Hall–Kier alpha value is -3.82. The topological polar surface area (TPSA) is 84.9 Å². The van der Waals surface area contributed by atoms with E-state index >= 15 is 0 Å². The zero-order valence-corrected chi connectivity index (χ0v) is 21.5. The minimum atomic E-state index is -0.594. The highest BCUT2D eigenvalue weighted by Crippen LogP contribution is 2.36.